The van der Waals surface area contributed by atoms with Gasteiger partial charge in [-0.1, -0.05) is 23.2 Å². The molecule has 2 saturated heterocycles. The summed E-state index contributed by atoms with van der Waals surface area (Å²) in [5.74, 6) is -0.000785. The Morgan fingerprint density at radius 3 is 1.27 bits per heavy atom. The highest BCUT2D eigenvalue weighted by Crippen LogP contribution is 2.31. The minimum atomic E-state index is -4.80. The molecule has 6 rings (SSSR count). The summed E-state index contributed by atoms with van der Waals surface area (Å²) < 4.78 is 82.3. The first-order valence-corrected chi connectivity index (χ1v) is 16.8. The Bertz CT molecular complexity index is 1650. The number of benzene rings is 2. The van der Waals surface area contributed by atoms with Crippen LogP contribution in [0, 0.1) is 0 Å². The number of aromatic nitrogens is 2. The summed E-state index contributed by atoms with van der Waals surface area (Å²) >= 11 is 11.7. The SMILES string of the molecule is OC1CCN(c2cc(Cl)nc(Cl)c2)CC1.OC1CCN(c2cc(Nc3ccc(OC(F)(F)F)cc3)nc(Nc3ccc(OC(F)(F)F)cc3)c2)CC1. The molecule has 0 radical (unpaired) electrons. The minimum absolute atomic E-state index is 0.172. The third-order valence-electron chi connectivity index (χ3n) is 7.94. The highest BCUT2D eigenvalue weighted by molar-refractivity contribution is 6.32. The molecule has 0 aliphatic carbocycles. The third kappa shape index (κ3) is 12.4. The van der Waals surface area contributed by atoms with Gasteiger partial charge in [-0.15, -0.1) is 26.3 Å². The van der Waals surface area contributed by atoms with Gasteiger partial charge in [0.15, 0.2) is 0 Å². The van der Waals surface area contributed by atoms with E-state index < -0.39 is 12.7 Å². The Morgan fingerprint density at radius 2 is 0.923 bits per heavy atom. The molecule has 52 heavy (non-hydrogen) atoms. The zero-order chi connectivity index (χ0) is 37.5. The maximum absolute atomic E-state index is 12.4. The number of halogens is 8. The lowest BCUT2D eigenvalue weighted by molar-refractivity contribution is -0.275. The molecule has 2 fully saturated rings. The summed E-state index contributed by atoms with van der Waals surface area (Å²) in [5.41, 5.74) is 2.65. The van der Waals surface area contributed by atoms with Crippen molar-refractivity contribution < 1.29 is 46.0 Å². The lowest BCUT2D eigenvalue weighted by Gasteiger charge is -2.32. The van der Waals surface area contributed by atoms with Crippen LogP contribution in [0.1, 0.15) is 25.7 Å². The number of anilines is 6. The number of hydrogen-bond acceptors (Lipinski definition) is 10. The van der Waals surface area contributed by atoms with Gasteiger partial charge in [-0.25, -0.2) is 9.97 Å². The fraction of sp³-hybridized carbons (Fsp3) is 0.353. The van der Waals surface area contributed by atoms with Gasteiger partial charge in [0.25, 0.3) is 0 Å². The van der Waals surface area contributed by atoms with Gasteiger partial charge >= 0.3 is 12.7 Å². The molecule has 0 bridgehead atoms. The number of aliphatic hydroxyl groups is 2. The van der Waals surface area contributed by atoms with Crippen LogP contribution >= 0.6 is 23.2 Å². The number of nitrogens with one attached hydrogen (secondary N) is 2. The van der Waals surface area contributed by atoms with E-state index in [1.807, 2.05) is 4.90 Å². The minimum Gasteiger partial charge on any atom is -0.406 e. The number of rotatable bonds is 8. The quantitative estimate of drug-likeness (QED) is 0.102. The monoisotopic (exact) mass is 774 g/mol. The number of hydrogen-bond donors (Lipinski definition) is 4. The predicted octanol–water partition coefficient (Wildman–Crippen LogP) is 8.68. The van der Waals surface area contributed by atoms with Crippen molar-refractivity contribution >= 4 is 57.6 Å². The molecular weight excluding hydrogens is 741 g/mol. The van der Waals surface area contributed by atoms with Crippen molar-refractivity contribution in [3.05, 3.63) is 83.1 Å². The molecule has 4 aromatic rings. The van der Waals surface area contributed by atoms with E-state index in [-0.39, 0.29) is 23.7 Å². The Hall–Kier alpha value is -4.38. The van der Waals surface area contributed by atoms with Crippen LogP contribution in [-0.4, -0.2) is 71.3 Å². The molecule has 4 heterocycles. The number of piperidine rings is 2. The summed E-state index contributed by atoms with van der Waals surface area (Å²) in [6.45, 7) is 2.85. The van der Waals surface area contributed by atoms with Crippen LogP contribution in [0.25, 0.3) is 0 Å². The average Bonchev–Trinajstić information content (AvgIpc) is 3.06. The Labute approximate surface area is 304 Å². The summed E-state index contributed by atoms with van der Waals surface area (Å²) in [4.78, 5) is 12.6. The van der Waals surface area contributed by atoms with Crippen molar-refractivity contribution in [3.8, 4) is 11.5 Å². The van der Waals surface area contributed by atoms with E-state index in [0.29, 0.717) is 59.2 Å². The van der Waals surface area contributed by atoms with Crippen molar-refractivity contribution in [1.29, 1.82) is 0 Å². The molecule has 18 heteroatoms. The highest BCUT2D eigenvalue weighted by atomic mass is 35.5. The van der Waals surface area contributed by atoms with Crippen molar-refractivity contribution in [3.63, 3.8) is 0 Å². The largest absolute Gasteiger partial charge is 0.573 e. The fourth-order valence-corrected chi connectivity index (χ4v) is 5.93. The van der Waals surface area contributed by atoms with Crippen LogP contribution in [0.4, 0.5) is 60.7 Å². The van der Waals surface area contributed by atoms with Crippen LogP contribution < -0.4 is 29.9 Å². The Morgan fingerprint density at radius 1 is 0.577 bits per heavy atom. The second-order valence-electron chi connectivity index (χ2n) is 11.9. The molecule has 0 atom stereocenters. The van der Waals surface area contributed by atoms with Crippen molar-refractivity contribution in [2.75, 3.05) is 46.6 Å². The third-order valence-corrected chi connectivity index (χ3v) is 8.32. The lowest BCUT2D eigenvalue weighted by Crippen LogP contribution is -2.35. The molecule has 280 valence electrons. The van der Waals surface area contributed by atoms with E-state index in [9.17, 15) is 36.6 Å². The molecule has 2 aliphatic heterocycles. The molecule has 0 amide bonds. The second kappa shape index (κ2) is 17.0. The standard InChI is InChI=1S/C24H22F6N4O3.C10H12Cl2N2O/c25-23(26,27)36-19-5-1-15(2-6-19)31-21-13-17(34-11-9-18(35)10-12-34)14-22(33-21)32-16-3-7-20(8-4-16)37-24(28,29)30;11-9-5-7(6-10(12)13-9)14-3-1-8(15)2-4-14/h1-8,13-14,18,35H,9-12H2,(H2,31,32,33);5-6,8,15H,1-4H2. The van der Waals surface area contributed by atoms with E-state index in [1.54, 1.807) is 24.3 Å². The van der Waals surface area contributed by atoms with Crippen LogP contribution in [0.5, 0.6) is 11.5 Å². The van der Waals surface area contributed by atoms with Crippen LogP contribution in [-0.2, 0) is 0 Å². The maximum atomic E-state index is 12.4. The molecule has 4 N–H and O–H groups in total. The number of aliphatic hydroxyl groups excluding tert-OH is 2. The highest BCUT2D eigenvalue weighted by Gasteiger charge is 2.31. The van der Waals surface area contributed by atoms with E-state index in [2.05, 4.69) is 35.0 Å². The van der Waals surface area contributed by atoms with Gasteiger partial charge in [0.2, 0.25) is 0 Å². The second-order valence-corrected chi connectivity index (χ2v) is 12.7. The number of alkyl halides is 6. The Balaban J connectivity index is 0.000000289. The number of nitrogens with zero attached hydrogens (tertiary/aromatic N) is 4. The summed E-state index contributed by atoms with van der Waals surface area (Å²) in [7, 11) is 0. The van der Waals surface area contributed by atoms with E-state index >= 15 is 0 Å². The fourth-order valence-electron chi connectivity index (χ4n) is 5.49. The average molecular weight is 776 g/mol. The van der Waals surface area contributed by atoms with Gasteiger partial charge in [-0.05, 0) is 86.3 Å². The van der Waals surface area contributed by atoms with E-state index in [1.165, 1.54) is 24.3 Å². The zero-order valence-corrected chi connectivity index (χ0v) is 28.8. The topological polar surface area (TPSA) is 115 Å². The molecule has 0 spiro atoms. The molecule has 0 saturated carbocycles. The maximum Gasteiger partial charge on any atom is 0.573 e. The molecule has 2 aliphatic rings. The van der Waals surface area contributed by atoms with Crippen molar-refractivity contribution in [2.24, 2.45) is 0 Å². The van der Waals surface area contributed by atoms with Gasteiger partial charge in [-0.3, -0.25) is 0 Å². The zero-order valence-electron chi connectivity index (χ0n) is 27.3. The molecule has 2 aromatic heterocycles. The van der Waals surface area contributed by atoms with Crippen molar-refractivity contribution in [2.45, 2.75) is 50.6 Å². The molecule has 2 aromatic carbocycles. The number of pyridine rings is 2. The Kier molecular flexibility index (Phi) is 12.7. The number of ether oxygens (including phenoxy) is 2. The van der Waals surface area contributed by atoms with Gasteiger partial charge in [0.1, 0.15) is 33.4 Å². The van der Waals surface area contributed by atoms with Gasteiger partial charge in [-0.2, -0.15) is 0 Å². The first kappa shape index (κ1) is 38.8. The molecule has 10 nitrogen and oxygen atoms in total. The summed E-state index contributed by atoms with van der Waals surface area (Å²) in [5, 5.41) is 26.1. The van der Waals surface area contributed by atoms with Gasteiger partial charge < -0.3 is 40.1 Å². The molecule has 0 unspecified atom stereocenters. The van der Waals surface area contributed by atoms with Crippen molar-refractivity contribution in [1.82, 2.24) is 9.97 Å². The van der Waals surface area contributed by atoms with E-state index in [0.717, 1.165) is 61.6 Å². The summed E-state index contributed by atoms with van der Waals surface area (Å²) in [6.07, 6.45) is -7.42. The van der Waals surface area contributed by atoms with Gasteiger partial charge in [0, 0.05) is 61.1 Å². The van der Waals surface area contributed by atoms with Crippen LogP contribution in [0.3, 0.4) is 0 Å². The predicted molar refractivity (Wildman–Crippen MR) is 186 cm³/mol. The normalized spacial score (nSPS) is 15.8. The van der Waals surface area contributed by atoms with Crippen LogP contribution in [0.2, 0.25) is 10.3 Å². The smallest absolute Gasteiger partial charge is 0.406 e. The first-order chi connectivity index (χ1) is 24.6. The van der Waals surface area contributed by atoms with Crippen LogP contribution in [0.15, 0.2) is 72.8 Å². The molecular formula is C34H34Cl2F6N6O4. The van der Waals surface area contributed by atoms with Gasteiger partial charge in [0.05, 0.1) is 12.2 Å². The van der Waals surface area contributed by atoms with E-state index in [4.69, 9.17) is 23.2 Å². The lowest BCUT2D eigenvalue weighted by atomic mass is 10.1. The first-order valence-electron chi connectivity index (χ1n) is 16.0. The summed E-state index contributed by atoms with van der Waals surface area (Å²) in [6, 6.07) is 17.4.